The number of alkyl halides is 12. The summed E-state index contributed by atoms with van der Waals surface area (Å²) in [6.45, 7) is 21.5. The van der Waals surface area contributed by atoms with E-state index in [2.05, 4.69) is 90.5 Å². The van der Waals surface area contributed by atoms with Crippen LogP contribution in [0.3, 0.4) is 0 Å². The lowest BCUT2D eigenvalue weighted by molar-refractivity contribution is -0.138. The van der Waals surface area contributed by atoms with Crippen molar-refractivity contribution in [3.8, 4) is 33.4 Å². The van der Waals surface area contributed by atoms with Gasteiger partial charge < -0.3 is 34.9 Å². The summed E-state index contributed by atoms with van der Waals surface area (Å²) in [5, 5.41) is 11.8. The molecule has 0 bridgehead atoms. The van der Waals surface area contributed by atoms with E-state index in [-0.39, 0.29) is 60.2 Å². The summed E-state index contributed by atoms with van der Waals surface area (Å²) in [6.07, 6.45) is 1.72. The van der Waals surface area contributed by atoms with Gasteiger partial charge in [-0.15, -0.1) is 0 Å². The lowest BCUT2D eigenvalue weighted by atomic mass is 9.77. The highest BCUT2D eigenvalue weighted by Crippen LogP contribution is 2.55. The summed E-state index contributed by atoms with van der Waals surface area (Å²) < 4.78 is 182. The minimum atomic E-state index is -4.80. The van der Waals surface area contributed by atoms with E-state index in [9.17, 15) is 96.1 Å². The number of amides is 5. The van der Waals surface area contributed by atoms with Gasteiger partial charge in [-0.25, -0.2) is 93.8 Å². The third-order valence-electron chi connectivity index (χ3n) is 25.0. The van der Waals surface area contributed by atoms with Gasteiger partial charge in [0.15, 0.2) is 0 Å². The molecule has 5 amide bonds. The molecule has 0 unspecified atom stereocenters. The van der Waals surface area contributed by atoms with Crippen LogP contribution in [0.15, 0.2) is 261 Å². The highest BCUT2D eigenvalue weighted by Gasteiger charge is 2.55. The van der Waals surface area contributed by atoms with E-state index in [1.165, 1.54) is 107 Å². The Morgan fingerprint density at radius 1 is 0.380 bits per heavy atom. The Morgan fingerprint density at radius 3 is 0.973 bits per heavy atom. The summed E-state index contributed by atoms with van der Waals surface area (Å²) >= 11 is 3.53. The first-order valence-corrected chi connectivity index (χ1v) is 45.6. The third kappa shape index (κ3) is 22.0. The molecule has 0 aliphatic carbocycles. The number of esters is 2. The normalized spacial score (nSPS) is 15.4. The Labute approximate surface area is 858 Å². The number of nitrogens with one attached hydrogen (secondary N) is 1. The Kier molecular flexibility index (Phi) is 31.5. The molecule has 31 nitrogen and oxygen atoms in total. The first-order chi connectivity index (χ1) is 70.0. The molecule has 8 aromatic carbocycles. The monoisotopic (exact) mass is 2130 g/mol. The molecule has 11 heterocycles. The highest BCUT2D eigenvalue weighted by molar-refractivity contribution is 9.10. The summed E-state index contributed by atoms with van der Waals surface area (Å²) in [5.74, 6) is -4.70. The standard InChI is InChI=1S/C26H19F3N6O2.C23H18F3N3O3.C22H16F3N3O3.C15H18BF3O4.C14H12BrN3O.C4H5N3.CH4/c1-25(2)21-17(5-3-6-20(21)35(23(25)37)24-32-9-4-10-33-24)15-7-8-19(26(27,28)29)18(11-15)22(36)34-16-12-30-14-31-13-16;1-22(2)18-14(13-8-9-16(23(24,25)26)15(12-13)19(30)32-3)6-4-7-17(18)29(20(22)31)21-27-10-5-11-28-21;1-21(2)17-13(12-7-8-15(22(23,24)25)14(11-12)18(29)30)5-3-6-16(17)28(19(21)31)20-26-9-4-10-27-20;1-13(2)14(3,4)23-16(22-13)9-6-7-11(15(17,18)19)10(8-9)12(20)21-5;1-14(2)11-9(15)5-3-6-10(11)18(12(14)19)13-16-7-4-8-17-13;5-4-1-6-3-7-2-4;/h3-14H,1-2H3,(H,34,36);4-12H,1-3H3;3-11H,1-2H3,(H,29,30);6-8H,1-5H3;3-8H,1-2H3;1-3H,5H2;1H4. The van der Waals surface area contributed by atoms with E-state index < -0.39 is 133 Å². The van der Waals surface area contributed by atoms with E-state index in [4.69, 9.17) is 15.0 Å². The average molecular weight is 2130 g/mol. The van der Waals surface area contributed by atoms with Crippen LogP contribution in [0, 0.1) is 0 Å². The molecule has 19 rings (SSSR count). The number of methoxy groups -OCH3 is 2. The maximum atomic E-state index is 13.8. The van der Waals surface area contributed by atoms with Gasteiger partial charge in [-0.05, 0) is 242 Å². The second-order valence-electron chi connectivity index (χ2n) is 36.7. The van der Waals surface area contributed by atoms with Gasteiger partial charge in [0.25, 0.3) is 5.91 Å². The molecular formula is C105H92BBrF12N18O13. The van der Waals surface area contributed by atoms with Crippen molar-refractivity contribution in [2.75, 3.05) is 44.9 Å². The molecule has 150 heavy (non-hydrogen) atoms. The van der Waals surface area contributed by atoms with E-state index >= 15 is 0 Å². The quantitative estimate of drug-likeness (QED) is 0.0548. The number of hydrogen-bond donors (Lipinski definition) is 3. The summed E-state index contributed by atoms with van der Waals surface area (Å²) in [6, 6.07) is 40.4. The molecule has 0 atom stereocenters. The summed E-state index contributed by atoms with van der Waals surface area (Å²) in [4.78, 5) is 155. The Balaban J connectivity index is 0.000000155. The predicted octanol–water partition coefficient (Wildman–Crippen LogP) is 21.6. The maximum absolute atomic E-state index is 13.8. The lowest BCUT2D eigenvalue weighted by Gasteiger charge is -2.32. The smallest absolute Gasteiger partial charge is 0.478 e. The lowest BCUT2D eigenvalue weighted by Crippen LogP contribution is -2.41. The minimum absolute atomic E-state index is 0. The number of aromatic nitrogens is 12. The van der Waals surface area contributed by atoms with Crippen LogP contribution in [0.2, 0.25) is 0 Å². The van der Waals surface area contributed by atoms with Crippen molar-refractivity contribution in [3.63, 3.8) is 0 Å². The summed E-state index contributed by atoms with van der Waals surface area (Å²) in [5.41, 5.74) is 1.90. The molecule has 1 saturated heterocycles. The van der Waals surface area contributed by atoms with Crippen LogP contribution < -0.4 is 36.1 Å². The Hall–Kier alpha value is -16.6. The van der Waals surface area contributed by atoms with Gasteiger partial charge in [0.05, 0.1) is 151 Å². The molecular weight excluding hydrogens is 2040 g/mol. The van der Waals surface area contributed by atoms with Crippen LogP contribution in [-0.4, -0.2) is 145 Å². The number of carbonyl (C=O) groups is 8. The fraction of sp³-hybridized carbons (Fsp3) is 0.238. The maximum Gasteiger partial charge on any atom is 0.494 e. The third-order valence-corrected chi connectivity index (χ3v) is 25.7. The van der Waals surface area contributed by atoms with E-state index in [1.54, 1.807) is 150 Å². The molecule has 6 aromatic heterocycles. The van der Waals surface area contributed by atoms with Crippen molar-refractivity contribution in [2.45, 2.75) is 148 Å². The van der Waals surface area contributed by atoms with Gasteiger partial charge >= 0.3 is 49.7 Å². The number of nitrogens with zero attached hydrogens (tertiary/aromatic N) is 16. The molecule has 14 aromatic rings. The molecule has 45 heteroatoms. The number of anilines is 10. The number of carboxylic acids is 1. The fourth-order valence-electron chi connectivity index (χ4n) is 17.2. The molecule has 774 valence electrons. The molecule has 0 saturated carbocycles. The fourth-order valence-corrected chi connectivity index (χ4v) is 18.1. The molecule has 1 fully saturated rings. The number of nitrogen functional groups attached to an aromatic ring is 1. The number of aromatic carboxylic acids is 1. The number of rotatable bonds is 13. The number of ether oxygens (including phenoxy) is 2. The number of halogens is 13. The number of carbonyl (C=O) groups excluding carboxylic acids is 7. The zero-order chi connectivity index (χ0) is 109. The predicted molar refractivity (Wildman–Crippen MR) is 534 cm³/mol. The van der Waals surface area contributed by atoms with Gasteiger partial charge in [0, 0.05) is 59.6 Å². The number of fused-ring (bicyclic) bond motifs is 4. The zero-order valence-corrected chi connectivity index (χ0v) is 82.9. The van der Waals surface area contributed by atoms with Gasteiger partial charge in [-0.2, -0.15) is 52.7 Å². The van der Waals surface area contributed by atoms with Gasteiger partial charge in [-0.3, -0.25) is 24.0 Å². The van der Waals surface area contributed by atoms with E-state index in [0.29, 0.717) is 78.7 Å². The molecule has 5 aliphatic rings. The van der Waals surface area contributed by atoms with Crippen molar-refractivity contribution in [1.29, 1.82) is 0 Å². The molecule has 0 spiro atoms. The number of nitrogens with two attached hydrogens (primary N) is 1. The topological polar surface area (TPSA) is 399 Å². The molecule has 4 N–H and O–H groups in total. The second-order valence-corrected chi connectivity index (χ2v) is 37.6. The molecule has 0 radical (unpaired) electrons. The highest BCUT2D eigenvalue weighted by atomic mass is 79.9. The first-order valence-electron chi connectivity index (χ1n) is 44.8. The van der Waals surface area contributed by atoms with Crippen molar-refractivity contribution in [2.24, 2.45) is 0 Å². The number of hydrogen-bond acceptors (Lipinski definition) is 25. The van der Waals surface area contributed by atoms with Crippen molar-refractivity contribution >= 4 is 134 Å². The van der Waals surface area contributed by atoms with Crippen molar-refractivity contribution in [3.05, 3.63) is 328 Å². The van der Waals surface area contributed by atoms with E-state index in [0.717, 1.165) is 72.4 Å². The first kappa shape index (κ1) is 111. The Morgan fingerprint density at radius 2 is 0.660 bits per heavy atom. The minimum Gasteiger partial charge on any atom is -0.478 e. The molecule has 5 aliphatic heterocycles. The van der Waals surface area contributed by atoms with E-state index in [1.807, 2.05) is 59.7 Å². The average Bonchev–Trinajstić information content (AvgIpc) is 1.58. The SMILES string of the molecule is C.CC1(C)C(=O)N(c2ncccn2)c2cccc(-c3ccc(C(F)(F)F)c(C(=O)Nc4cncnc4)c3)c21.CC1(C)C(=O)N(c2ncccn2)c2cccc(-c3ccc(C(F)(F)F)c(C(=O)O)c3)c21.CC1(C)C(=O)N(c2ncccn2)c2cccc(Br)c21.COC(=O)c1cc(-c2cccc3c2C(C)(C)C(=O)N3c2ncccn2)ccc1C(F)(F)F.COC(=O)c1cc(B2OC(C)(C)C(C)(C)O2)ccc1C(F)(F)F.Nc1cncnc1. The van der Waals surface area contributed by atoms with Crippen molar-refractivity contribution in [1.82, 2.24) is 59.8 Å². The second kappa shape index (κ2) is 42.7. The number of carboxylic acid groups (broad SMARTS) is 1. The van der Waals surface area contributed by atoms with Crippen LogP contribution in [0.5, 0.6) is 0 Å². The van der Waals surface area contributed by atoms with Gasteiger partial charge in [-0.1, -0.05) is 90.1 Å². The van der Waals surface area contributed by atoms with Crippen LogP contribution in [0.4, 0.5) is 111 Å². The van der Waals surface area contributed by atoms with Gasteiger partial charge in [0.1, 0.15) is 12.7 Å². The van der Waals surface area contributed by atoms with Gasteiger partial charge in [0.2, 0.25) is 47.4 Å². The Bertz CT molecular complexity index is 7490. The van der Waals surface area contributed by atoms with Crippen molar-refractivity contribution < 1.29 is 115 Å². The van der Waals surface area contributed by atoms with Crippen LogP contribution in [-0.2, 0) is 84.3 Å². The largest absolute Gasteiger partial charge is 0.494 e. The number of benzene rings is 8. The van der Waals surface area contributed by atoms with Crippen LogP contribution >= 0.6 is 15.9 Å². The zero-order valence-electron chi connectivity index (χ0n) is 81.3. The van der Waals surface area contributed by atoms with Crippen LogP contribution in [0.1, 0.15) is 176 Å². The summed E-state index contributed by atoms with van der Waals surface area (Å²) in [7, 11) is 1.20. The van der Waals surface area contributed by atoms with Crippen LogP contribution in [0.25, 0.3) is 33.4 Å².